The van der Waals surface area contributed by atoms with E-state index in [0.717, 1.165) is 15.9 Å². The van der Waals surface area contributed by atoms with E-state index in [4.69, 9.17) is 10.8 Å². The van der Waals surface area contributed by atoms with Crippen LogP contribution in [0, 0.1) is 13.8 Å². The Bertz CT molecular complexity index is 376. The molecule has 0 radical (unpaired) electrons. The lowest BCUT2D eigenvalue weighted by Gasteiger charge is -2.07. The van der Waals surface area contributed by atoms with Gasteiger partial charge in [-0.3, -0.25) is 9.48 Å². The number of rotatable bonds is 4. The Morgan fingerprint density at radius 1 is 1.67 bits per heavy atom. The average molecular weight is 276 g/mol. The van der Waals surface area contributed by atoms with E-state index in [1.807, 2.05) is 13.8 Å². The van der Waals surface area contributed by atoms with Gasteiger partial charge in [-0.25, -0.2) is 0 Å². The molecule has 3 N–H and O–H groups in total. The van der Waals surface area contributed by atoms with Crippen LogP contribution in [0.5, 0.6) is 0 Å². The molecular formula is C9H14BrN3O2. The Kier molecular flexibility index (Phi) is 3.87. The monoisotopic (exact) mass is 275 g/mol. The van der Waals surface area contributed by atoms with Crippen molar-refractivity contribution >= 4 is 21.9 Å². The van der Waals surface area contributed by atoms with Crippen LogP contribution in [0.2, 0.25) is 0 Å². The summed E-state index contributed by atoms with van der Waals surface area (Å²) in [5.74, 6) is -0.976. The molecule has 0 saturated carbocycles. The van der Waals surface area contributed by atoms with Crippen molar-refractivity contribution in [1.29, 1.82) is 0 Å². The molecule has 0 spiro atoms. The van der Waals surface area contributed by atoms with Gasteiger partial charge in [0.2, 0.25) is 0 Å². The number of aryl methyl sites for hydroxylation is 2. The first-order valence-corrected chi connectivity index (χ1v) is 5.40. The van der Waals surface area contributed by atoms with E-state index in [1.165, 1.54) is 0 Å². The van der Waals surface area contributed by atoms with E-state index < -0.39 is 12.0 Å². The molecule has 0 saturated heterocycles. The number of carboxylic acids is 1. The molecule has 0 aliphatic carbocycles. The zero-order valence-electron chi connectivity index (χ0n) is 8.70. The Labute approximate surface area is 96.4 Å². The SMILES string of the molecule is Cc1nn(CCC(N)C(=O)O)c(C)c1Br. The first-order valence-electron chi connectivity index (χ1n) is 4.61. The van der Waals surface area contributed by atoms with Crippen molar-refractivity contribution in [1.82, 2.24) is 9.78 Å². The van der Waals surface area contributed by atoms with E-state index in [0.29, 0.717) is 13.0 Å². The summed E-state index contributed by atoms with van der Waals surface area (Å²) in [6.45, 7) is 4.34. The molecule has 1 unspecified atom stereocenters. The van der Waals surface area contributed by atoms with Gasteiger partial charge in [0.05, 0.1) is 10.2 Å². The molecule has 1 aromatic heterocycles. The van der Waals surface area contributed by atoms with Crippen molar-refractivity contribution in [3.8, 4) is 0 Å². The lowest BCUT2D eigenvalue weighted by Crippen LogP contribution is -2.31. The molecular weight excluding hydrogens is 262 g/mol. The first kappa shape index (κ1) is 12.2. The normalized spacial score (nSPS) is 12.8. The highest BCUT2D eigenvalue weighted by Gasteiger charge is 2.13. The maximum atomic E-state index is 10.5. The number of nitrogens with two attached hydrogens (primary N) is 1. The molecule has 1 heterocycles. The lowest BCUT2D eigenvalue weighted by molar-refractivity contribution is -0.138. The summed E-state index contributed by atoms with van der Waals surface area (Å²) in [6, 6.07) is -0.826. The maximum Gasteiger partial charge on any atom is 0.320 e. The zero-order valence-corrected chi connectivity index (χ0v) is 10.3. The minimum Gasteiger partial charge on any atom is -0.480 e. The van der Waals surface area contributed by atoms with Gasteiger partial charge < -0.3 is 10.8 Å². The van der Waals surface area contributed by atoms with Crippen LogP contribution in [0.3, 0.4) is 0 Å². The van der Waals surface area contributed by atoms with Gasteiger partial charge in [0, 0.05) is 12.2 Å². The van der Waals surface area contributed by atoms with E-state index in [9.17, 15) is 4.79 Å². The second kappa shape index (κ2) is 4.76. The second-order valence-electron chi connectivity index (χ2n) is 3.44. The topological polar surface area (TPSA) is 81.1 Å². The third-order valence-corrected chi connectivity index (χ3v) is 3.41. The fourth-order valence-corrected chi connectivity index (χ4v) is 1.56. The van der Waals surface area contributed by atoms with Crippen LogP contribution in [0.15, 0.2) is 4.47 Å². The molecule has 0 aliphatic heterocycles. The molecule has 0 aromatic carbocycles. The molecule has 84 valence electrons. The van der Waals surface area contributed by atoms with Crippen LogP contribution in [-0.4, -0.2) is 26.9 Å². The molecule has 1 rings (SSSR count). The van der Waals surface area contributed by atoms with Crippen LogP contribution >= 0.6 is 15.9 Å². The number of aromatic nitrogens is 2. The molecule has 5 nitrogen and oxygen atoms in total. The van der Waals surface area contributed by atoms with Gasteiger partial charge in [-0.15, -0.1) is 0 Å². The largest absolute Gasteiger partial charge is 0.480 e. The van der Waals surface area contributed by atoms with E-state index in [-0.39, 0.29) is 0 Å². The Morgan fingerprint density at radius 2 is 2.27 bits per heavy atom. The van der Waals surface area contributed by atoms with Crippen molar-refractivity contribution in [3.63, 3.8) is 0 Å². The highest BCUT2D eigenvalue weighted by atomic mass is 79.9. The second-order valence-corrected chi connectivity index (χ2v) is 4.23. The van der Waals surface area contributed by atoms with Gasteiger partial charge in [-0.05, 0) is 36.2 Å². The standard InChI is InChI=1S/C9H14BrN3O2/c1-5-8(10)6(2)13(12-5)4-3-7(11)9(14)15/h7H,3-4,11H2,1-2H3,(H,14,15). The minimum absolute atomic E-state index is 0.379. The van der Waals surface area contributed by atoms with E-state index in [2.05, 4.69) is 21.0 Å². The van der Waals surface area contributed by atoms with Gasteiger partial charge in [0.25, 0.3) is 0 Å². The van der Waals surface area contributed by atoms with Crippen LogP contribution in [-0.2, 0) is 11.3 Å². The van der Waals surface area contributed by atoms with Crippen molar-refractivity contribution in [2.45, 2.75) is 32.9 Å². The Hall–Kier alpha value is -0.880. The molecule has 1 aromatic rings. The highest BCUT2D eigenvalue weighted by Crippen LogP contribution is 2.19. The summed E-state index contributed by atoms with van der Waals surface area (Å²) in [5, 5.41) is 12.9. The van der Waals surface area contributed by atoms with Crippen molar-refractivity contribution < 1.29 is 9.90 Å². The molecule has 0 bridgehead atoms. The number of hydrogen-bond donors (Lipinski definition) is 2. The molecule has 6 heteroatoms. The highest BCUT2D eigenvalue weighted by molar-refractivity contribution is 9.10. The lowest BCUT2D eigenvalue weighted by atomic mass is 10.2. The fraction of sp³-hybridized carbons (Fsp3) is 0.556. The van der Waals surface area contributed by atoms with E-state index >= 15 is 0 Å². The first-order chi connectivity index (χ1) is 6.93. The van der Waals surface area contributed by atoms with Gasteiger partial charge in [-0.1, -0.05) is 0 Å². The third kappa shape index (κ3) is 2.79. The van der Waals surface area contributed by atoms with Gasteiger partial charge in [0.1, 0.15) is 6.04 Å². The summed E-state index contributed by atoms with van der Waals surface area (Å²) in [7, 11) is 0. The number of carboxylic acid groups (broad SMARTS) is 1. The number of halogens is 1. The Morgan fingerprint density at radius 3 is 2.67 bits per heavy atom. The summed E-state index contributed by atoms with van der Waals surface area (Å²) in [6.07, 6.45) is 0.379. The summed E-state index contributed by atoms with van der Waals surface area (Å²) in [4.78, 5) is 10.5. The number of aliphatic carboxylic acids is 1. The molecule has 0 amide bonds. The predicted octanol–water partition coefficient (Wildman–Crippen LogP) is 1.06. The van der Waals surface area contributed by atoms with Crippen LogP contribution < -0.4 is 5.73 Å². The number of hydrogen-bond acceptors (Lipinski definition) is 3. The van der Waals surface area contributed by atoms with Crippen molar-refractivity contribution in [2.75, 3.05) is 0 Å². The van der Waals surface area contributed by atoms with Crippen molar-refractivity contribution in [3.05, 3.63) is 15.9 Å². The molecule has 0 aliphatic rings. The van der Waals surface area contributed by atoms with Crippen LogP contribution in [0.25, 0.3) is 0 Å². The average Bonchev–Trinajstić information content (AvgIpc) is 2.42. The van der Waals surface area contributed by atoms with Gasteiger partial charge in [0.15, 0.2) is 0 Å². The number of carbonyl (C=O) groups is 1. The molecule has 1 atom stereocenters. The van der Waals surface area contributed by atoms with Crippen molar-refractivity contribution in [2.24, 2.45) is 5.73 Å². The zero-order chi connectivity index (χ0) is 11.6. The fourth-order valence-electron chi connectivity index (χ4n) is 1.28. The predicted molar refractivity (Wildman–Crippen MR) is 59.6 cm³/mol. The smallest absolute Gasteiger partial charge is 0.320 e. The number of nitrogens with zero attached hydrogens (tertiary/aromatic N) is 2. The minimum atomic E-state index is -0.976. The van der Waals surface area contributed by atoms with Crippen LogP contribution in [0.1, 0.15) is 17.8 Å². The maximum absolute atomic E-state index is 10.5. The molecule has 15 heavy (non-hydrogen) atoms. The van der Waals surface area contributed by atoms with Gasteiger partial charge in [-0.2, -0.15) is 5.10 Å². The van der Waals surface area contributed by atoms with E-state index in [1.54, 1.807) is 4.68 Å². The molecule has 0 fully saturated rings. The Balaban J connectivity index is 2.66. The third-order valence-electron chi connectivity index (χ3n) is 2.26. The summed E-state index contributed by atoms with van der Waals surface area (Å²) in [5.41, 5.74) is 7.30. The van der Waals surface area contributed by atoms with Crippen LogP contribution in [0.4, 0.5) is 0 Å². The quantitative estimate of drug-likeness (QED) is 0.861. The summed E-state index contributed by atoms with van der Waals surface area (Å²) < 4.78 is 2.73. The summed E-state index contributed by atoms with van der Waals surface area (Å²) >= 11 is 3.41. The van der Waals surface area contributed by atoms with Gasteiger partial charge >= 0.3 is 5.97 Å².